The van der Waals surface area contributed by atoms with Gasteiger partial charge in [-0.2, -0.15) is 25.6 Å². The smallest absolute Gasteiger partial charge is 0.269 e. The van der Waals surface area contributed by atoms with Gasteiger partial charge in [0.15, 0.2) is 0 Å². The van der Waals surface area contributed by atoms with Gasteiger partial charge in [-0.3, -0.25) is 68.9 Å². The van der Waals surface area contributed by atoms with Crippen molar-refractivity contribution >= 4 is 121 Å². The van der Waals surface area contributed by atoms with Crippen molar-refractivity contribution in [2.45, 2.75) is 89.9 Å². The minimum Gasteiger partial charge on any atom is -0.496 e. The number of amides is 9. The molecule has 2 saturated heterocycles. The van der Waals surface area contributed by atoms with Crippen LogP contribution >= 0.6 is 0 Å². The molecule has 0 radical (unpaired) electrons. The number of rotatable bonds is 27. The first-order chi connectivity index (χ1) is 57.2. The normalized spacial score (nSPS) is 15.6. The van der Waals surface area contributed by atoms with Crippen LogP contribution in [0.25, 0.3) is 33.3 Å². The van der Waals surface area contributed by atoms with Crippen LogP contribution < -0.4 is 46.4 Å². The molecule has 0 aliphatic carbocycles. The van der Waals surface area contributed by atoms with Crippen molar-refractivity contribution < 1.29 is 47.9 Å². The average Bonchev–Trinajstić information content (AvgIpc) is 1.32. The van der Waals surface area contributed by atoms with E-state index in [0.717, 1.165) is 103 Å². The van der Waals surface area contributed by atoms with Gasteiger partial charge in [-0.25, -0.2) is 0 Å². The summed E-state index contributed by atoms with van der Waals surface area (Å²) in [6, 6.07) is 47.6. The van der Waals surface area contributed by atoms with Crippen molar-refractivity contribution in [3.8, 4) is 16.9 Å². The Kier molecular flexibility index (Phi) is 24.5. The fourth-order valence-electron chi connectivity index (χ4n) is 15.1. The van der Waals surface area contributed by atoms with Crippen LogP contribution in [0.4, 0.5) is 45.5 Å². The number of fused-ring (bicyclic) bond motifs is 4. The molecule has 7 aromatic carbocycles. The molecule has 10 aromatic rings. The first kappa shape index (κ1) is 80.2. The molecule has 118 heavy (non-hydrogen) atoms. The number of ether oxygens (including phenoxy) is 1. The molecule has 7 N–H and O–H groups in total. The Bertz CT molecular complexity index is 5670. The molecule has 5 aliphatic heterocycles. The van der Waals surface area contributed by atoms with E-state index in [-0.39, 0.29) is 73.7 Å². The van der Waals surface area contributed by atoms with Crippen molar-refractivity contribution in [2.75, 3.05) is 76.6 Å². The highest BCUT2D eigenvalue weighted by atomic mass is 16.5. The number of nitrogens with zero attached hydrogens (tertiary/aromatic N) is 12. The summed E-state index contributed by atoms with van der Waals surface area (Å²) in [6.07, 6.45) is 11.4. The lowest BCUT2D eigenvalue weighted by Crippen LogP contribution is -2.52. The monoisotopic (exact) mass is 1580 g/mol. The summed E-state index contributed by atoms with van der Waals surface area (Å²) in [5.41, 5.74) is 18.4. The van der Waals surface area contributed by atoms with Gasteiger partial charge in [0.25, 0.3) is 23.6 Å². The number of para-hydroxylation sites is 1. The van der Waals surface area contributed by atoms with Gasteiger partial charge in [-0.1, -0.05) is 55.1 Å². The number of carbonyl (C=O) groups is 9. The van der Waals surface area contributed by atoms with Crippen LogP contribution in [0, 0.1) is 6.92 Å². The number of anilines is 4. The number of hydrogen-bond acceptors (Lipinski definition) is 21. The SMILES string of the molecule is C=C1c2[nH]ncc2C(c2cc(C)c(CCCC(=O)NCCCN(C)c3ccc(N=Nc4cccc5c4CN(C4CCC(=O)NC4=O)C5=O)cc3)c(OC)c2)=CN1C.CNC(=O)c1cnc2ccc(-c3ccc(C(=O)NCCCN(C)c4ccc(N=Nc5cccc6c5CN(C5CCC(=O)NC5=O)C6=O)cc4)nc3)cc2c1Nc1ccccc1. The maximum absolute atomic E-state index is 13.2. The van der Waals surface area contributed by atoms with Crippen molar-refractivity contribution in [1.29, 1.82) is 0 Å². The first-order valence-corrected chi connectivity index (χ1v) is 39.0. The molecule has 29 nitrogen and oxygen atoms in total. The quantitative estimate of drug-likeness (QED) is 0.0143. The molecule has 8 heterocycles. The maximum atomic E-state index is 13.2. The highest BCUT2D eigenvalue weighted by Gasteiger charge is 2.42. The third kappa shape index (κ3) is 17.9. The third-order valence-corrected chi connectivity index (χ3v) is 21.7. The van der Waals surface area contributed by atoms with Crippen LogP contribution in [-0.2, 0) is 43.5 Å². The molecule has 2 fully saturated rings. The van der Waals surface area contributed by atoms with Gasteiger partial charge in [-0.15, -0.1) is 0 Å². The number of imide groups is 2. The number of methoxy groups -OCH3 is 1. The summed E-state index contributed by atoms with van der Waals surface area (Å²) in [7, 11) is 9.21. The highest BCUT2D eigenvalue weighted by molar-refractivity contribution is 6.10. The Morgan fingerprint density at radius 2 is 1.21 bits per heavy atom. The molecule has 0 spiro atoms. The van der Waals surface area contributed by atoms with Crippen LogP contribution in [0.5, 0.6) is 5.75 Å². The fourth-order valence-corrected chi connectivity index (χ4v) is 15.1. The van der Waals surface area contributed by atoms with Gasteiger partial charge in [0.05, 0.1) is 64.2 Å². The Hall–Kier alpha value is -14.4. The molecule has 2 atom stereocenters. The molecular formula is C89H89N19O10. The van der Waals surface area contributed by atoms with Crippen molar-refractivity contribution in [2.24, 2.45) is 20.5 Å². The van der Waals surface area contributed by atoms with Gasteiger partial charge in [0.2, 0.25) is 29.5 Å². The second-order valence-corrected chi connectivity index (χ2v) is 29.4. The number of aryl methyl sites for hydroxylation is 1. The predicted molar refractivity (Wildman–Crippen MR) is 449 cm³/mol. The van der Waals surface area contributed by atoms with Gasteiger partial charge in [0.1, 0.15) is 23.5 Å². The van der Waals surface area contributed by atoms with Gasteiger partial charge in [0, 0.05) is 167 Å². The second-order valence-electron chi connectivity index (χ2n) is 29.4. The van der Waals surface area contributed by atoms with E-state index in [2.05, 4.69) is 114 Å². The second kappa shape index (κ2) is 36.0. The molecule has 2 unspecified atom stereocenters. The lowest BCUT2D eigenvalue weighted by Gasteiger charge is -2.29. The largest absolute Gasteiger partial charge is 0.496 e. The van der Waals surface area contributed by atoms with Crippen molar-refractivity contribution in [3.05, 3.63) is 251 Å². The lowest BCUT2D eigenvalue weighted by atomic mass is 9.91. The number of piperidine rings is 2. The van der Waals surface area contributed by atoms with E-state index in [4.69, 9.17) is 4.74 Å². The number of azo groups is 2. The number of nitrogens with one attached hydrogen (secondary N) is 7. The lowest BCUT2D eigenvalue weighted by molar-refractivity contribution is -0.138. The van der Waals surface area contributed by atoms with Crippen LogP contribution in [0.1, 0.15) is 132 Å². The van der Waals surface area contributed by atoms with Gasteiger partial charge in [-0.05, 0) is 177 Å². The Morgan fingerprint density at radius 3 is 1.78 bits per heavy atom. The number of aromatic amines is 1. The number of carbonyl (C=O) groups excluding carboxylic acids is 9. The Balaban J connectivity index is 0.000000194. The van der Waals surface area contributed by atoms with E-state index in [9.17, 15) is 43.2 Å². The minimum atomic E-state index is -0.702. The van der Waals surface area contributed by atoms with Crippen LogP contribution in [0.15, 0.2) is 210 Å². The number of pyridine rings is 2. The standard InChI is InChI=1S/C46H42N10O5.C43H47N9O5/c1-47-43(58)35-26-50-37-18-12-28(24-34(37)42(35)51-30-8-4-3-5-9-30)29-13-19-39(49-25-29)44(59)48-22-7-23-55(2)32-16-14-31(15-17-32)53-54-38-11-6-10-33-36(38)27-56(46(33)61)40-20-21-41(57)52-45(40)60;1-26-21-28(34-24-51(4)27(2)41-33(34)23-45-49-41)22-38(57-5)31(26)9-7-12-39(53)44-19-8-20-50(3)30-15-13-29(14-16-30)47-48-36-11-6-10-32-35(36)25-52(43(32)56)37-17-18-40(54)46-42(37)55/h3-6,8-19,24-26,40H,7,20-23,27H2,1-2H3,(H,47,58)(H,48,59)(H,50,51)(H,52,57,60);6,10-11,13-16,21-24,37H,2,7-9,12,17-20,25H2,1,3-5H3,(H,44,53)(H,45,49)(H,46,54,55). The molecule has 0 bridgehead atoms. The predicted octanol–water partition coefficient (Wildman–Crippen LogP) is 13.0. The fraction of sp³-hybridized carbons (Fsp3) is 0.258. The summed E-state index contributed by atoms with van der Waals surface area (Å²) >= 11 is 0. The Labute approximate surface area is 681 Å². The molecule has 0 saturated carbocycles. The number of H-pyrrole nitrogens is 1. The van der Waals surface area contributed by atoms with Crippen LogP contribution in [0.3, 0.4) is 0 Å². The van der Waals surface area contributed by atoms with Crippen LogP contribution in [0.2, 0.25) is 0 Å². The van der Waals surface area contributed by atoms with E-state index >= 15 is 0 Å². The van der Waals surface area contributed by atoms with E-state index in [1.165, 1.54) is 9.80 Å². The number of benzene rings is 7. The molecule has 29 heteroatoms. The maximum Gasteiger partial charge on any atom is 0.269 e. The van der Waals surface area contributed by atoms with Crippen molar-refractivity contribution in [1.82, 2.24) is 61.4 Å². The zero-order valence-corrected chi connectivity index (χ0v) is 66.2. The van der Waals surface area contributed by atoms with E-state index in [0.29, 0.717) is 107 Å². The third-order valence-electron chi connectivity index (χ3n) is 21.7. The van der Waals surface area contributed by atoms with Gasteiger partial charge >= 0.3 is 0 Å². The summed E-state index contributed by atoms with van der Waals surface area (Å²) in [5, 5.41) is 42.6. The minimum absolute atomic E-state index is 0.0285. The Morgan fingerprint density at radius 1 is 0.619 bits per heavy atom. The molecular weight excluding hydrogens is 1500 g/mol. The summed E-state index contributed by atoms with van der Waals surface area (Å²) in [5.74, 6) is -1.76. The zero-order valence-electron chi connectivity index (χ0n) is 66.2. The highest BCUT2D eigenvalue weighted by Crippen LogP contribution is 2.41. The molecule has 9 amide bonds. The van der Waals surface area contributed by atoms with E-state index in [1.54, 1.807) is 69.0 Å². The van der Waals surface area contributed by atoms with E-state index in [1.807, 2.05) is 135 Å². The van der Waals surface area contributed by atoms with E-state index < -0.39 is 23.9 Å². The number of hydrogen-bond donors (Lipinski definition) is 7. The summed E-state index contributed by atoms with van der Waals surface area (Å²) in [6.45, 7) is 9.13. The van der Waals surface area contributed by atoms with Crippen molar-refractivity contribution in [3.63, 3.8) is 0 Å². The topological polar surface area (TPSA) is 355 Å². The van der Waals surface area contributed by atoms with Crippen LogP contribution in [-0.4, -0.2) is 162 Å². The first-order valence-electron chi connectivity index (χ1n) is 39.0. The van der Waals surface area contributed by atoms with Gasteiger partial charge < -0.3 is 50.5 Å². The average molecular weight is 1580 g/mol. The summed E-state index contributed by atoms with van der Waals surface area (Å²) < 4.78 is 5.83. The molecule has 5 aliphatic rings. The molecule has 600 valence electrons. The summed E-state index contributed by atoms with van der Waals surface area (Å²) in [4.78, 5) is 131. The molecule has 3 aromatic heterocycles. The molecule has 15 rings (SSSR count). The zero-order chi connectivity index (χ0) is 82.7. The number of aromatic nitrogens is 4.